The maximum absolute atomic E-state index is 11.5. The number of benzene rings is 2. The van der Waals surface area contributed by atoms with E-state index in [1.54, 1.807) is 18.2 Å². The fourth-order valence-corrected chi connectivity index (χ4v) is 3.03. The molecule has 2 N–H and O–H groups in total. The maximum atomic E-state index is 11.5. The number of carboxylic acid groups (broad SMARTS) is 1. The molecule has 0 bridgehead atoms. The van der Waals surface area contributed by atoms with E-state index in [2.05, 4.69) is 15.3 Å². The molecule has 1 aromatic heterocycles. The second-order valence-corrected chi connectivity index (χ2v) is 7.06. The molecule has 8 heteroatoms. The molecule has 2 aromatic carbocycles. The lowest BCUT2D eigenvalue weighted by molar-refractivity contribution is 0.0695. The monoisotopic (exact) mass is 423 g/mol. The molecule has 0 aliphatic carbocycles. The molecule has 31 heavy (non-hydrogen) atoms. The summed E-state index contributed by atoms with van der Waals surface area (Å²) in [7, 11) is 3.01. The van der Waals surface area contributed by atoms with Crippen LogP contribution >= 0.6 is 0 Å². The Bertz CT molecular complexity index is 1050. The van der Waals surface area contributed by atoms with Gasteiger partial charge in [-0.05, 0) is 35.7 Å². The van der Waals surface area contributed by atoms with Crippen molar-refractivity contribution in [2.24, 2.45) is 0 Å². The van der Waals surface area contributed by atoms with E-state index >= 15 is 0 Å². The Morgan fingerprint density at radius 2 is 1.71 bits per heavy atom. The summed E-state index contributed by atoms with van der Waals surface area (Å²) in [6.07, 6.45) is 0. The number of hydrogen-bond donors (Lipinski definition) is 2. The molecule has 0 radical (unpaired) electrons. The lowest BCUT2D eigenvalue weighted by Gasteiger charge is -2.15. The predicted molar refractivity (Wildman–Crippen MR) is 116 cm³/mol. The summed E-state index contributed by atoms with van der Waals surface area (Å²) in [5.74, 6) is 0.400. The minimum absolute atomic E-state index is 0.0867. The van der Waals surface area contributed by atoms with E-state index in [4.69, 9.17) is 14.2 Å². The van der Waals surface area contributed by atoms with Gasteiger partial charge >= 0.3 is 12.0 Å². The number of ether oxygens (including phenoxy) is 3. The third kappa shape index (κ3) is 5.42. The minimum Gasteiger partial charge on any atom is -0.481 e. The van der Waals surface area contributed by atoms with Crippen molar-refractivity contribution in [2.75, 3.05) is 19.5 Å². The van der Waals surface area contributed by atoms with Gasteiger partial charge in [0.25, 0.3) is 0 Å². The van der Waals surface area contributed by atoms with Crippen molar-refractivity contribution < 1.29 is 24.1 Å². The van der Waals surface area contributed by atoms with Crippen LogP contribution in [0.25, 0.3) is 0 Å². The van der Waals surface area contributed by atoms with Gasteiger partial charge in [0.1, 0.15) is 5.75 Å². The first-order chi connectivity index (χ1) is 14.9. The number of nitrogens with one attached hydrogen (secondary N) is 1. The van der Waals surface area contributed by atoms with Gasteiger partial charge in [0, 0.05) is 17.8 Å². The zero-order chi connectivity index (χ0) is 22.4. The van der Waals surface area contributed by atoms with Gasteiger partial charge in [0.05, 0.1) is 25.8 Å². The van der Waals surface area contributed by atoms with Crippen molar-refractivity contribution >= 4 is 11.7 Å². The summed E-state index contributed by atoms with van der Waals surface area (Å²) < 4.78 is 16.2. The van der Waals surface area contributed by atoms with E-state index < -0.39 is 5.97 Å². The summed E-state index contributed by atoms with van der Waals surface area (Å²) in [4.78, 5) is 19.9. The second-order valence-electron chi connectivity index (χ2n) is 7.06. The third-order valence-corrected chi connectivity index (χ3v) is 4.64. The van der Waals surface area contributed by atoms with Crippen molar-refractivity contribution in [2.45, 2.75) is 26.3 Å². The first-order valence-corrected chi connectivity index (χ1v) is 9.75. The Morgan fingerprint density at radius 1 is 1.03 bits per heavy atom. The molecule has 3 rings (SSSR count). The number of anilines is 1. The molecule has 0 saturated carbocycles. The molecule has 0 fully saturated rings. The van der Waals surface area contributed by atoms with Crippen molar-refractivity contribution in [1.29, 1.82) is 0 Å². The quantitative estimate of drug-likeness (QED) is 0.510. The van der Waals surface area contributed by atoms with Crippen LogP contribution in [0.5, 0.6) is 23.5 Å². The van der Waals surface area contributed by atoms with Crippen LogP contribution in [0.4, 0.5) is 5.69 Å². The number of carbonyl (C=O) groups is 1. The van der Waals surface area contributed by atoms with Crippen molar-refractivity contribution in [3.05, 3.63) is 65.2 Å². The molecular formula is C23H25N3O5. The number of para-hydroxylation sites is 1. The molecule has 0 unspecified atom stereocenters. The van der Waals surface area contributed by atoms with Crippen LogP contribution in [0.1, 0.15) is 41.3 Å². The molecule has 3 aromatic rings. The van der Waals surface area contributed by atoms with Crippen LogP contribution in [0.15, 0.2) is 48.5 Å². The number of rotatable bonds is 9. The molecular weight excluding hydrogens is 398 g/mol. The number of methoxy groups -OCH3 is 2. The van der Waals surface area contributed by atoms with E-state index in [0.717, 1.165) is 16.8 Å². The third-order valence-electron chi connectivity index (χ3n) is 4.64. The summed E-state index contributed by atoms with van der Waals surface area (Å²) in [5, 5.41) is 12.7. The average Bonchev–Trinajstić information content (AvgIpc) is 2.77. The predicted octanol–water partition coefficient (Wildman–Crippen LogP) is 4.72. The number of aromatic nitrogens is 2. The lowest BCUT2D eigenvalue weighted by Crippen LogP contribution is -2.07. The van der Waals surface area contributed by atoms with E-state index in [1.165, 1.54) is 14.2 Å². The molecule has 0 amide bonds. The normalized spacial score (nSPS) is 10.6. The highest BCUT2D eigenvalue weighted by molar-refractivity contribution is 5.90. The second kappa shape index (κ2) is 9.80. The summed E-state index contributed by atoms with van der Waals surface area (Å²) in [6, 6.07) is 14.4. The molecule has 0 spiro atoms. The minimum atomic E-state index is -0.928. The molecule has 8 nitrogen and oxygen atoms in total. The highest BCUT2D eigenvalue weighted by Crippen LogP contribution is 2.28. The Hall–Kier alpha value is -3.81. The van der Waals surface area contributed by atoms with Gasteiger partial charge in [-0.1, -0.05) is 32.0 Å². The molecule has 1 heterocycles. The number of aromatic carboxylic acids is 1. The van der Waals surface area contributed by atoms with E-state index in [1.807, 2.05) is 44.2 Å². The fourth-order valence-electron chi connectivity index (χ4n) is 3.03. The Labute approximate surface area is 180 Å². The summed E-state index contributed by atoms with van der Waals surface area (Å²) >= 11 is 0. The Kier molecular flexibility index (Phi) is 6.92. The van der Waals surface area contributed by atoms with E-state index in [-0.39, 0.29) is 11.9 Å². The molecule has 0 aliphatic heterocycles. The number of hydrogen-bond acceptors (Lipinski definition) is 7. The number of nitrogens with zero attached hydrogens (tertiary/aromatic N) is 2. The zero-order valence-corrected chi connectivity index (χ0v) is 17.9. The van der Waals surface area contributed by atoms with Crippen molar-refractivity contribution in [3.63, 3.8) is 0 Å². The van der Waals surface area contributed by atoms with Gasteiger partial charge in [-0.3, -0.25) is 0 Å². The van der Waals surface area contributed by atoms with Gasteiger partial charge in [-0.25, -0.2) is 4.79 Å². The van der Waals surface area contributed by atoms with Crippen LogP contribution in [0.2, 0.25) is 0 Å². The standard InChI is InChI=1S/C23H25N3O5/c1-14(2)18-11-16(9-10-17(18)22(27)28)24-13-15-7-5-6-8-19(15)31-23-25-20(29-3)12-21(26-23)30-4/h5-12,14,24H,13H2,1-4H3,(H,27,28). The average molecular weight is 423 g/mol. The largest absolute Gasteiger partial charge is 0.481 e. The van der Waals surface area contributed by atoms with Crippen LogP contribution in [0, 0.1) is 0 Å². The lowest BCUT2D eigenvalue weighted by atomic mass is 9.96. The zero-order valence-electron chi connectivity index (χ0n) is 17.9. The van der Waals surface area contributed by atoms with Crippen molar-refractivity contribution in [3.8, 4) is 23.5 Å². The fraction of sp³-hybridized carbons (Fsp3) is 0.261. The number of carboxylic acids is 1. The maximum Gasteiger partial charge on any atom is 0.335 e. The van der Waals surface area contributed by atoms with Crippen LogP contribution in [-0.2, 0) is 6.54 Å². The topological polar surface area (TPSA) is 103 Å². The van der Waals surface area contributed by atoms with Gasteiger partial charge in [0.2, 0.25) is 11.8 Å². The first-order valence-electron chi connectivity index (χ1n) is 9.75. The highest BCUT2D eigenvalue weighted by Gasteiger charge is 2.14. The summed E-state index contributed by atoms with van der Waals surface area (Å²) in [6.45, 7) is 4.40. The van der Waals surface area contributed by atoms with Gasteiger partial charge in [-0.15, -0.1) is 0 Å². The van der Waals surface area contributed by atoms with Gasteiger partial charge < -0.3 is 24.6 Å². The molecule has 0 aliphatic rings. The smallest absolute Gasteiger partial charge is 0.335 e. The Morgan fingerprint density at radius 3 is 2.32 bits per heavy atom. The molecule has 0 saturated heterocycles. The van der Waals surface area contributed by atoms with Crippen LogP contribution < -0.4 is 19.5 Å². The molecule has 0 atom stereocenters. The molecule has 162 valence electrons. The Balaban J connectivity index is 1.81. The van der Waals surface area contributed by atoms with Gasteiger partial charge in [0.15, 0.2) is 0 Å². The van der Waals surface area contributed by atoms with Crippen molar-refractivity contribution in [1.82, 2.24) is 9.97 Å². The van der Waals surface area contributed by atoms with E-state index in [0.29, 0.717) is 29.6 Å². The van der Waals surface area contributed by atoms with Gasteiger partial charge in [-0.2, -0.15) is 9.97 Å². The summed E-state index contributed by atoms with van der Waals surface area (Å²) in [5.41, 5.74) is 2.79. The van der Waals surface area contributed by atoms with E-state index in [9.17, 15) is 9.90 Å². The SMILES string of the molecule is COc1cc(OC)nc(Oc2ccccc2CNc2ccc(C(=O)O)c(C(C)C)c2)n1. The van der Waals surface area contributed by atoms with Crippen LogP contribution in [0.3, 0.4) is 0 Å². The highest BCUT2D eigenvalue weighted by atomic mass is 16.5. The van der Waals surface area contributed by atoms with Crippen LogP contribution in [-0.4, -0.2) is 35.3 Å². The first kappa shape index (κ1) is 21.9.